The third-order valence-electron chi connectivity index (χ3n) is 2.56. The van der Waals surface area contributed by atoms with Gasteiger partial charge in [-0.25, -0.2) is 0 Å². The zero-order chi connectivity index (χ0) is 8.27. The number of nitrogens with zero attached hydrogens (tertiary/aromatic N) is 1. The number of rotatable bonds is 5. The molecule has 0 spiro atoms. The molecule has 0 heterocycles. The van der Waals surface area contributed by atoms with E-state index >= 15 is 0 Å². The molecule has 0 bridgehead atoms. The molecule has 1 aliphatic carbocycles. The Hall–Kier alpha value is -0.0800. The molecule has 2 heteroatoms. The topological polar surface area (TPSA) is 23.5 Å². The zero-order valence-electron chi connectivity index (χ0n) is 7.58. The maximum Gasteiger partial charge on any atom is 0.0558 e. The van der Waals surface area contributed by atoms with Crippen molar-refractivity contribution >= 4 is 0 Å². The monoisotopic (exact) mass is 157 g/mol. The van der Waals surface area contributed by atoms with Crippen LogP contribution in [0.25, 0.3) is 0 Å². The summed E-state index contributed by atoms with van der Waals surface area (Å²) < 4.78 is 0. The van der Waals surface area contributed by atoms with Crippen LogP contribution >= 0.6 is 0 Å². The number of aliphatic hydroxyl groups is 1. The van der Waals surface area contributed by atoms with E-state index in [0.29, 0.717) is 6.61 Å². The predicted octanol–water partition coefficient (Wildman–Crippen LogP) is 1.10. The van der Waals surface area contributed by atoms with Crippen LogP contribution in [0.1, 0.15) is 26.2 Å². The molecule has 2 unspecified atom stereocenters. The van der Waals surface area contributed by atoms with Crippen LogP contribution in [0.4, 0.5) is 0 Å². The van der Waals surface area contributed by atoms with E-state index in [2.05, 4.69) is 18.9 Å². The summed E-state index contributed by atoms with van der Waals surface area (Å²) in [5, 5.41) is 8.69. The van der Waals surface area contributed by atoms with Gasteiger partial charge in [0.1, 0.15) is 0 Å². The van der Waals surface area contributed by atoms with Gasteiger partial charge in [0.25, 0.3) is 0 Å². The molecular weight excluding hydrogens is 138 g/mol. The predicted molar refractivity (Wildman–Crippen MR) is 46.5 cm³/mol. The molecule has 0 radical (unpaired) electrons. The number of aliphatic hydroxyl groups excluding tert-OH is 1. The van der Waals surface area contributed by atoms with Crippen molar-refractivity contribution in [1.29, 1.82) is 0 Å². The number of hydrogen-bond acceptors (Lipinski definition) is 2. The van der Waals surface area contributed by atoms with Gasteiger partial charge in [-0.3, -0.25) is 0 Å². The first-order valence-corrected chi connectivity index (χ1v) is 4.60. The first-order valence-electron chi connectivity index (χ1n) is 4.60. The second-order valence-electron chi connectivity index (χ2n) is 3.56. The van der Waals surface area contributed by atoms with Crippen molar-refractivity contribution in [2.45, 2.75) is 32.2 Å². The van der Waals surface area contributed by atoms with Crippen molar-refractivity contribution in [3.63, 3.8) is 0 Å². The van der Waals surface area contributed by atoms with Gasteiger partial charge in [-0.1, -0.05) is 13.3 Å². The summed E-state index contributed by atoms with van der Waals surface area (Å²) in [6, 6.07) is 0.780. The van der Waals surface area contributed by atoms with Crippen LogP contribution in [0.15, 0.2) is 0 Å². The van der Waals surface area contributed by atoms with E-state index in [-0.39, 0.29) is 0 Å². The molecule has 0 amide bonds. The average Bonchev–Trinajstić information content (AvgIpc) is 2.69. The molecule has 0 aliphatic heterocycles. The fourth-order valence-electron chi connectivity index (χ4n) is 1.78. The minimum absolute atomic E-state index is 0.297. The van der Waals surface area contributed by atoms with Gasteiger partial charge in [0, 0.05) is 12.6 Å². The van der Waals surface area contributed by atoms with Crippen molar-refractivity contribution in [3.05, 3.63) is 0 Å². The Labute approximate surface area is 69.2 Å². The quantitative estimate of drug-likeness (QED) is 0.646. The highest BCUT2D eigenvalue weighted by Crippen LogP contribution is 2.38. The SMILES string of the molecule is CCCC1CC1N(C)CCO. The third-order valence-corrected chi connectivity index (χ3v) is 2.56. The normalized spacial score (nSPS) is 29.5. The summed E-state index contributed by atoms with van der Waals surface area (Å²) >= 11 is 0. The van der Waals surface area contributed by atoms with Crippen LogP contribution < -0.4 is 0 Å². The highest BCUT2D eigenvalue weighted by molar-refractivity contribution is 4.93. The van der Waals surface area contributed by atoms with Gasteiger partial charge < -0.3 is 10.0 Å². The van der Waals surface area contributed by atoms with Gasteiger partial charge in [-0.2, -0.15) is 0 Å². The van der Waals surface area contributed by atoms with Crippen molar-refractivity contribution in [2.75, 3.05) is 20.2 Å². The van der Waals surface area contributed by atoms with E-state index in [1.165, 1.54) is 19.3 Å². The van der Waals surface area contributed by atoms with Crippen LogP contribution in [-0.4, -0.2) is 36.2 Å². The Balaban J connectivity index is 2.10. The van der Waals surface area contributed by atoms with Crippen LogP contribution in [-0.2, 0) is 0 Å². The van der Waals surface area contributed by atoms with Crippen LogP contribution in [0.2, 0.25) is 0 Å². The first-order chi connectivity index (χ1) is 5.29. The molecule has 1 fully saturated rings. The lowest BCUT2D eigenvalue weighted by atomic mass is 10.2. The smallest absolute Gasteiger partial charge is 0.0558 e. The highest BCUT2D eigenvalue weighted by atomic mass is 16.3. The highest BCUT2D eigenvalue weighted by Gasteiger charge is 2.38. The fourth-order valence-corrected chi connectivity index (χ4v) is 1.78. The molecule has 0 aromatic rings. The van der Waals surface area contributed by atoms with Crippen molar-refractivity contribution in [1.82, 2.24) is 4.90 Å². The Kier molecular flexibility index (Phi) is 3.34. The summed E-state index contributed by atoms with van der Waals surface area (Å²) in [5.74, 6) is 0.927. The van der Waals surface area contributed by atoms with Crippen molar-refractivity contribution < 1.29 is 5.11 Å². The maximum atomic E-state index is 8.69. The minimum atomic E-state index is 0.297. The van der Waals surface area contributed by atoms with Gasteiger partial charge in [0.15, 0.2) is 0 Å². The third kappa shape index (κ3) is 2.46. The molecule has 66 valence electrons. The van der Waals surface area contributed by atoms with E-state index < -0.39 is 0 Å². The minimum Gasteiger partial charge on any atom is -0.395 e. The Morgan fingerprint density at radius 3 is 2.82 bits per heavy atom. The van der Waals surface area contributed by atoms with Gasteiger partial charge >= 0.3 is 0 Å². The molecule has 1 aliphatic rings. The maximum absolute atomic E-state index is 8.69. The molecule has 1 rings (SSSR count). The zero-order valence-corrected chi connectivity index (χ0v) is 7.58. The summed E-state index contributed by atoms with van der Waals surface area (Å²) in [4.78, 5) is 2.28. The van der Waals surface area contributed by atoms with E-state index in [1.54, 1.807) is 0 Å². The lowest BCUT2D eigenvalue weighted by Crippen LogP contribution is -2.25. The lowest BCUT2D eigenvalue weighted by molar-refractivity contribution is 0.210. The van der Waals surface area contributed by atoms with Crippen LogP contribution in [0.5, 0.6) is 0 Å². The van der Waals surface area contributed by atoms with Crippen LogP contribution in [0.3, 0.4) is 0 Å². The first kappa shape index (κ1) is 9.01. The molecule has 2 nitrogen and oxygen atoms in total. The number of likely N-dealkylation sites (N-methyl/N-ethyl adjacent to an activating group) is 1. The van der Waals surface area contributed by atoms with E-state index in [9.17, 15) is 0 Å². The Morgan fingerprint density at radius 1 is 1.55 bits per heavy atom. The average molecular weight is 157 g/mol. The molecular formula is C9H19NO. The summed E-state index contributed by atoms with van der Waals surface area (Å²) in [6.07, 6.45) is 4.01. The molecule has 0 saturated heterocycles. The molecule has 1 saturated carbocycles. The van der Waals surface area contributed by atoms with Gasteiger partial charge in [-0.15, -0.1) is 0 Å². The van der Waals surface area contributed by atoms with Gasteiger partial charge in [0.05, 0.1) is 6.61 Å². The summed E-state index contributed by atoms with van der Waals surface area (Å²) in [6.45, 7) is 3.37. The molecule has 2 atom stereocenters. The van der Waals surface area contributed by atoms with E-state index in [4.69, 9.17) is 5.11 Å². The van der Waals surface area contributed by atoms with E-state index in [0.717, 1.165) is 18.5 Å². The second kappa shape index (κ2) is 4.07. The number of hydrogen-bond donors (Lipinski definition) is 1. The molecule has 0 aromatic carbocycles. The fraction of sp³-hybridized carbons (Fsp3) is 1.00. The van der Waals surface area contributed by atoms with Gasteiger partial charge in [-0.05, 0) is 25.8 Å². The van der Waals surface area contributed by atoms with Crippen molar-refractivity contribution in [3.8, 4) is 0 Å². The van der Waals surface area contributed by atoms with E-state index in [1.807, 2.05) is 0 Å². The Bertz CT molecular complexity index is 116. The van der Waals surface area contributed by atoms with Crippen LogP contribution in [0, 0.1) is 5.92 Å². The Morgan fingerprint density at radius 2 is 2.27 bits per heavy atom. The second-order valence-corrected chi connectivity index (χ2v) is 3.56. The summed E-state index contributed by atoms with van der Waals surface area (Å²) in [5.41, 5.74) is 0. The lowest BCUT2D eigenvalue weighted by Gasteiger charge is -2.14. The largest absolute Gasteiger partial charge is 0.395 e. The standard InChI is InChI=1S/C9H19NO/c1-3-4-8-7-9(8)10(2)5-6-11/h8-9,11H,3-7H2,1-2H3. The molecule has 1 N–H and O–H groups in total. The van der Waals surface area contributed by atoms with Crippen molar-refractivity contribution in [2.24, 2.45) is 5.92 Å². The van der Waals surface area contributed by atoms with Gasteiger partial charge in [0.2, 0.25) is 0 Å². The molecule has 11 heavy (non-hydrogen) atoms. The molecule has 0 aromatic heterocycles. The summed E-state index contributed by atoms with van der Waals surface area (Å²) in [7, 11) is 2.11.